The lowest BCUT2D eigenvalue weighted by Gasteiger charge is -2.15. The highest BCUT2D eigenvalue weighted by Gasteiger charge is 2.13. The Bertz CT molecular complexity index is 375. The second kappa shape index (κ2) is 5.39. The maximum absolute atomic E-state index is 11.9. The minimum atomic E-state index is -0.0362. The van der Waals surface area contributed by atoms with Gasteiger partial charge in [-0.1, -0.05) is 6.92 Å². The van der Waals surface area contributed by atoms with Gasteiger partial charge in [-0.25, -0.2) is 0 Å². The third-order valence-corrected chi connectivity index (χ3v) is 2.25. The highest BCUT2D eigenvalue weighted by Crippen LogP contribution is 2.20. The molecule has 0 saturated heterocycles. The van der Waals surface area contributed by atoms with Crippen molar-refractivity contribution in [2.75, 3.05) is 31.7 Å². The van der Waals surface area contributed by atoms with Crippen LogP contribution in [-0.2, 0) is 0 Å². The molecular formula is C12H19N3O. The average Bonchev–Trinajstić information content (AvgIpc) is 2.26. The molecule has 4 heteroatoms. The summed E-state index contributed by atoms with van der Waals surface area (Å²) in [5, 5.41) is 3.22. The first-order valence-corrected chi connectivity index (χ1v) is 5.41. The maximum Gasteiger partial charge on any atom is 0.255 e. The van der Waals surface area contributed by atoms with E-state index in [1.54, 1.807) is 31.1 Å². The molecule has 0 aliphatic rings. The standard InChI is InChI=1S/C12H19N3O/c1-4-7-14-11-6-5-9(13)8-10(11)12(16)15(2)3/h5-6,8,14H,4,7,13H2,1-3H3. The third kappa shape index (κ3) is 2.89. The molecule has 0 unspecified atom stereocenters. The van der Waals surface area contributed by atoms with E-state index < -0.39 is 0 Å². The van der Waals surface area contributed by atoms with Gasteiger partial charge < -0.3 is 16.0 Å². The summed E-state index contributed by atoms with van der Waals surface area (Å²) in [4.78, 5) is 13.5. The van der Waals surface area contributed by atoms with E-state index in [0.29, 0.717) is 11.3 Å². The number of hydrogen-bond donors (Lipinski definition) is 2. The first-order valence-electron chi connectivity index (χ1n) is 5.41. The first-order chi connectivity index (χ1) is 7.56. The number of benzene rings is 1. The van der Waals surface area contributed by atoms with E-state index >= 15 is 0 Å². The van der Waals surface area contributed by atoms with E-state index in [4.69, 9.17) is 5.73 Å². The van der Waals surface area contributed by atoms with E-state index in [0.717, 1.165) is 18.7 Å². The topological polar surface area (TPSA) is 58.4 Å². The summed E-state index contributed by atoms with van der Waals surface area (Å²) < 4.78 is 0. The van der Waals surface area contributed by atoms with Crippen molar-refractivity contribution in [1.29, 1.82) is 0 Å². The molecule has 88 valence electrons. The smallest absolute Gasteiger partial charge is 0.255 e. The molecule has 0 bridgehead atoms. The van der Waals surface area contributed by atoms with Crippen LogP contribution in [0, 0.1) is 0 Å². The van der Waals surface area contributed by atoms with Crippen molar-refractivity contribution in [1.82, 2.24) is 4.90 Å². The van der Waals surface area contributed by atoms with Gasteiger partial charge in [0, 0.05) is 32.0 Å². The van der Waals surface area contributed by atoms with Crippen LogP contribution in [0.2, 0.25) is 0 Å². The van der Waals surface area contributed by atoms with E-state index in [9.17, 15) is 4.79 Å². The number of hydrogen-bond acceptors (Lipinski definition) is 3. The van der Waals surface area contributed by atoms with Gasteiger partial charge in [0.15, 0.2) is 0 Å². The fraction of sp³-hybridized carbons (Fsp3) is 0.417. The fourth-order valence-corrected chi connectivity index (χ4v) is 1.39. The van der Waals surface area contributed by atoms with Crippen LogP contribution in [0.3, 0.4) is 0 Å². The molecule has 3 N–H and O–H groups in total. The van der Waals surface area contributed by atoms with Gasteiger partial charge in [0.25, 0.3) is 5.91 Å². The van der Waals surface area contributed by atoms with Crippen molar-refractivity contribution in [2.24, 2.45) is 0 Å². The molecule has 1 amide bonds. The Labute approximate surface area is 96.4 Å². The molecule has 0 aliphatic carbocycles. The van der Waals surface area contributed by atoms with Crippen LogP contribution in [0.15, 0.2) is 18.2 Å². The quantitative estimate of drug-likeness (QED) is 0.762. The predicted octanol–water partition coefficient (Wildman–Crippen LogP) is 1.79. The number of nitrogens with zero attached hydrogens (tertiary/aromatic N) is 1. The SMILES string of the molecule is CCCNc1ccc(N)cc1C(=O)N(C)C. The van der Waals surface area contributed by atoms with E-state index in [2.05, 4.69) is 12.2 Å². The Morgan fingerprint density at radius 2 is 2.12 bits per heavy atom. The summed E-state index contributed by atoms with van der Waals surface area (Å²) in [6.07, 6.45) is 1.01. The van der Waals surface area contributed by atoms with Crippen molar-refractivity contribution in [3.63, 3.8) is 0 Å². The first kappa shape index (κ1) is 12.4. The molecule has 1 aromatic carbocycles. The van der Waals surface area contributed by atoms with Crippen molar-refractivity contribution in [3.05, 3.63) is 23.8 Å². The lowest BCUT2D eigenvalue weighted by atomic mass is 10.1. The molecule has 0 spiro atoms. The van der Waals surface area contributed by atoms with Gasteiger partial charge in [0.2, 0.25) is 0 Å². The summed E-state index contributed by atoms with van der Waals surface area (Å²) in [7, 11) is 3.46. The normalized spacial score (nSPS) is 9.94. The molecule has 16 heavy (non-hydrogen) atoms. The second-order valence-electron chi connectivity index (χ2n) is 3.93. The summed E-state index contributed by atoms with van der Waals surface area (Å²) in [6.45, 7) is 2.93. The molecule has 4 nitrogen and oxygen atoms in total. The molecule has 0 heterocycles. The van der Waals surface area contributed by atoms with Crippen LogP contribution >= 0.6 is 0 Å². The van der Waals surface area contributed by atoms with Gasteiger partial charge in [0.1, 0.15) is 0 Å². The van der Waals surface area contributed by atoms with E-state index in [-0.39, 0.29) is 5.91 Å². The molecular weight excluding hydrogens is 202 g/mol. The van der Waals surface area contributed by atoms with Crippen LogP contribution in [0.1, 0.15) is 23.7 Å². The molecule has 0 aromatic heterocycles. The molecule has 0 atom stereocenters. The average molecular weight is 221 g/mol. The largest absolute Gasteiger partial charge is 0.399 e. The summed E-state index contributed by atoms with van der Waals surface area (Å²) in [5.41, 5.74) is 7.77. The van der Waals surface area contributed by atoms with Gasteiger partial charge in [-0.3, -0.25) is 4.79 Å². The molecule has 0 radical (unpaired) electrons. The van der Waals surface area contributed by atoms with Crippen molar-refractivity contribution in [2.45, 2.75) is 13.3 Å². The fourth-order valence-electron chi connectivity index (χ4n) is 1.39. The number of carbonyl (C=O) groups excluding carboxylic acids is 1. The predicted molar refractivity (Wildman–Crippen MR) is 67.7 cm³/mol. The Hall–Kier alpha value is -1.71. The van der Waals surface area contributed by atoms with Gasteiger partial charge in [-0.05, 0) is 24.6 Å². The highest BCUT2D eigenvalue weighted by atomic mass is 16.2. The van der Waals surface area contributed by atoms with Gasteiger partial charge in [-0.15, -0.1) is 0 Å². The Morgan fingerprint density at radius 3 is 2.69 bits per heavy atom. The van der Waals surface area contributed by atoms with E-state index in [1.807, 2.05) is 6.07 Å². The zero-order valence-corrected chi connectivity index (χ0v) is 10.1. The van der Waals surface area contributed by atoms with Gasteiger partial charge in [-0.2, -0.15) is 0 Å². The van der Waals surface area contributed by atoms with Crippen molar-refractivity contribution in [3.8, 4) is 0 Å². The van der Waals surface area contributed by atoms with Crippen LogP contribution < -0.4 is 11.1 Å². The van der Waals surface area contributed by atoms with Crippen LogP contribution in [0.5, 0.6) is 0 Å². The van der Waals surface area contributed by atoms with Gasteiger partial charge in [0.05, 0.1) is 5.56 Å². The zero-order valence-electron chi connectivity index (χ0n) is 10.1. The third-order valence-electron chi connectivity index (χ3n) is 2.25. The Balaban J connectivity index is 3.03. The van der Waals surface area contributed by atoms with Crippen LogP contribution in [0.25, 0.3) is 0 Å². The monoisotopic (exact) mass is 221 g/mol. The summed E-state index contributed by atoms with van der Waals surface area (Å²) in [5.74, 6) is -0.0362. The highest BCUT2D eigenvalue weighted by molar-refractivity contribution is 6.00. The number of anilines is 2. The minimum absolute atomic E-state index is 0.0362. The summed E-state index contributed by atoms with van der Waals surface area (Å²) in [6, 6.07) is 5.35. The van der Waals surface area contributed by atoms with Crippen LogP contribution in [-0.4, -0.2) is 31.4 Å². The lowest BCUT2D eigenvalue weighted by molar-refractivity contribution is 0.0828. The molecule has 0 saturated carbocycles. The van der Waals surface area contributed by atoms with Crippen molar-refractivity contribution >= 4 is 17.3 Å². The molecule has 1 aromatic rings. The van der Waals surface area contributed by atoms with E-state index in [1.165, 1.54) is 0 Å². The Kier molecular flexibility index (Phi) is 4.17. The lowest BCUT2D eigenvalue weighted by Crippen LogP contribution is -2.23. The number of amides is 1. The molecule has 0 aliphatic heterocycles. The van der Waals surface area contributed by atoms with Crippen LogP contribution in [0.4, 0.5) is 11.4 Å². The molecule has 0 fully saturated rings. The Morgan fingerprint density at radius 1 is 1.44 bits per heavy atom. The summed E-state index contributed by atoms with van der Waals surface area (Å²) >= 11 is 0. The molecule has 1 rings (SSSR count). The minimum Gasteiger partial charge on any atom is -0.399 e. The number of carbonyl (C=O) groups is 1. The van der Waals surface area contributed by atoms with Gasteiger partial charge >= 0.3 is 0 Å². The number of nitrogens with one attached hydrogen (secondary N) is 1. The number of nitrogens with two attached hydrogens (primary N) is 1. The second-order valence-corrected chi connectivity index (χ2v) is 3.93. The zero-order chi connectivity index (χ0) is 12.1. The maximum atomic E-state index is 11.9. The van der Waals surface area contributed by atoms with Crippen molar-refractivity contribution < 1.29 is 4.79 Å². The number of rotatable bonds is 4. The number of nitrogen functional groups attached to an aromatic ring is 1.